The molecule has 0 aliphatic carbocycles. The molecule has 6 heteroatoms. The predicted molar refractivity (Wildman–Crippen MR) is 94.9 cm³/mol. The van der Waals surface area contributed by atoms with Crippen LogP contribution in [0.25, 0.3) is 22.4 Å². The van der Waals surface area contributed by atoms with E-state index in [4.69, 9.17) is 0 Å². The van der Waals surface area contributed by atoms with Crippen LogP contribution in [-0.4, -0.2) is 20.4 Å². The van der Waals surface area contributed by atoms with Gasteiger partial charge in [-0.25, -0.2) is 9.37 Å². The molecule has 0 spiro atoms. The van der Waals surface area contributed by atoms with Gasteiger partial charge in [0, 0.05) is 24.5 Å². The normalized spacial score (nSPS) is 11.0. The summed E-state index contributed by atoms with van der Waals surface area (Å²) in [7, 11) is 1.82. The van der Waals surface area contributed by atoms with Crippen LogP contribution in [0.15, 0.2) is 60.8 Å². The van der Waals surface area contributed by atoms with Crippen molar-refractivity contribution in [1.82, 2.24) is 14.5 Å². The number of carbonyl (C=O) groups excluding carboxylic acids is 1. The van der Waals surface area contributed by atoms with Crippen LogP contribution in [0, 0.1) is 5.82 Å². The fourth-order valence-corrected chi connectivity index (χ4v) is 2.72. The number of anilines is 1. The van der Waals surface area contributed by atoms with Crippen molar-refractivity contribution in [3.8, 4) is 11.4 Å². The zero-order chi connectivity index (χ0) is 17.4. The second-order valence-electron chi connectivity index (χ2n) is 5.78. The number of amides is 1. The molecule has 124 valence electrons. The molecule has 0 radical (unpaired) electrons. The summed E-state index contributed by atoms with van der Waals surface area (Å²) in [5.41, 5.74) is 3.62. The van der Waals surface area contributed by atoms with E-state index in [0.29, 0.717) is 17.2 Å². The maximum atomic E-state index is 13.1. The molecular formula is C19H15FN4O. The zero-order valence-corrected chi connectivity index (χ0v) is 13.5. The van der Waals surface area contributed by atoms with Gasteiger partial charge < -0.3 is 14.9 Å². The molecule has 2 heterocycles. The summed E-state index contributed by atoms with van der Waals surface area (Å²) in [6.45, 7) is 0. The largest absolute Gasteiger partial charge is 0.347 e. The van der Waals surface area contributed by atoms with E-state index in [1.165, 1.54) is 12.1 Å². The summed E-state index contributed by atoms with van der Waals surface area (Å²) < 4.78 is 14.8. The minimum Gasteiger partial charge on any atom is -0.347 e. The minimum atomic E-state index is -0.287. The third-order valence-electron chi connectivity index (χ3n) is 4.03. The van der Waals surface area contributed by atoms with Gasteiger partial charge in [0.05, 0.1) is 11.0 Å². The molecule has 0 saturated carbocycles. The standard InChI is InChI=1S/C19H15FN4O/c1-24-10-2-3-17(24)19(25)21-14-8-9-15-16(11-14)23-18(22-15)12-4-6-13(20)7-5-12/h2-11H,1H3,(H,21,25)(H,22,23). The SMILES string of the molecule is Cn1cccc1C(=O)Nc1ccc2nc(-c3ccc(F)cc3)[nH]c2c1. The quantitative estimate of drug-likeness (QED) is 0.596. The van der Waals surface area contributed by atoms with E-state index in [9.17, 15) is 9.18 Å². The Kier molecular flexibility index (Phi) is 3.57. The van der Waals surface area contributed by atoms with Crippen molar-refractivity contribution in [1.29, 1.82) is 0 Å². The first kappa shape index (κ1) is 15.1. The Morgan fingerprint density at radius 3 is 2.68 bits per heavy atom. The Hall–Kier alpha value is -3.41. The number of hydrogen-bond donors (Lipinski definition) is 2. The van der Waals surface area contributed by atoms with Crippen molar-refractivity contribution in [2.45, 2.75) is 0 Å². The summed E-state index contributed by atoms with van der Waals surface area (Å²) in [4.78, 5) is 20.0. The zero-order valence-electron chi connectivity index (χ0n) is 13.5. The van der Waals surface area contributed by atoms with E-state index < -0.39 is 0 Å². The number of benzene rings is 2. The number of hydrogen-bond acceptors (Lipinski definition) is 2. The number of aromatic nitrogens is 3. The molecular weight excluding hydrogens is 319 g/mol. The maximum Gasteiger partial charge on any atom is 0.272 e. The van der Waals surface area contributed by atoms with E-state index in [2.05, 4.69) is 15.3 Å². The van der Waals surface area contributed by atoms with Gasteiger partial charge in [-0.2, -0.15) is 0 Å². The molecule has 2 N–H and O–H groups in total. The monoisotopic (exact) mass is 334 g/mol. The van der Waals surface area contributed by atoms with Gasteiger partial charge >= 0.3 is 0 Å². The lowest BCUT2D eigenvalue weighted by atomic mass is 10.2. The maximum absolute atomic E-state index is 13.1. The Labute approximate surface area is 143 Å². The average Bonchev–Trinajstić information content (AvgIpc) is 3.21. The Balaban J connectivity index is 1.63. The van der Waals surface area contributed by atoms with Crippen molar-refractivity contribution in [3.05, 3.63) is 72.3 Å². The molecule has 25 heavy (non-hydrogen) atoms. The van der Waals surface area contributed by atoms with Crippen molar-refractivity contribution in [2.24, 2.45) is 7.05 Å². The number of nitrogens with one attached hydrogen (secondary N) is 2. The van der Waals surface area contributed by atoms with Gasteiger partial charge in [-0.15, -0.1) is 0 Å². The van der Waals surface area contributed by atoms with Crippen LogP contribution in [0.4, 0.5) is 10.1 Å². The van der Waals surface area contributed by atoms with E-state index in [1.807, 2.05) is 31.4 Å². The number of fused-ring (bicyclic) bond motifs is 1. The van der Waals surface area contributed by atoms with Crippen LogP contribution in [-0.2, 0) is 7.05 Å². The number of nitrogens with zero attached hydrogens (tertiary/aromatic N) is 2. The number of aromatic amines is 1. The van der Waals surface area contributed by atoms with Gasteiger partial charge in [-0.05, 0) is 54.6 Å². The molecule has 2 aromatic heterocycles. The summed E-state index contributed by atoms with van der Waals surface area (Å²) in [6.07, 6.45) is 1.82. The van der Waals surface area contributed by atoms with Gasteiger partial charge in [0.15, 0.2) is 0 Å². The molecule has 5 nitrogen and oxygen atoms in total. The average molecular weight is 334 g/mol. The molecule has 0 saturated heterocycles. The third kappa shape index (κ3) is 2.89. The summed E-state index contributed by atoms with van der Waals surface area (Å²) in [6, 6.07) is 15.2. The first-order chi connectivity index (χ1) is 12.1. The van der Waals surface area contributed by atoms with Crippen molar-refractivity contribution < 1.29 is 9.18 Å². The molecule has 1 amide bonds. The second-order valence-corrected chi connectivity index (χ2v) is 5.78. The molecule has 0 atom stereocenters. The summed E-state index contributed by atoms with van der Waals surface area (Å²) >= 11 is 0. The van der Waals surface area contributed by atoms with Crippen LogP contribution >= 0.6 is 0 Å². The first-order valence-electron chi connectivity index (χ1n) is 7.78. The van der Waals surface area contributed by atoms with Crippen LogP contribution in [0.1, 0.15) is 10.5 Å². The van der Waals surface area contributed by atoms with Gasteiger partial charge in [0.1, 0.15) is 17.3 Å². The number of halogens is 1. The summed E-state index contributed by atoms with van der Waals surface area (Å²) in [5.74, 6) is 0.191. The van der Waals surface area contributed by atoms with Crippen molar-refractivity contribution in [2.75, 3.05) is 5.32 Å². The van der Waals surface area contributed by atoms with E-state index in [-0.39, 0.29) is 11.7 Å². The van der Waals surface area contributed by atoms with E-state index in [0.717, 1.165) is 16.6 Å². The van der Waals surface area contributed by atoms with Gasteiger partial charge in [0.25, 0.3) is 5.91 Å². The minimum absolute atomic E-state index is 0.176. The van der Waals surface area contributed by atoms with E-state index in [1.54, 1.807) is 28.8 Å². The molecule has 0 aliphatic rings. The number of imidazole rings is 1. The molecule has 4 aromatic rings. The molecule has 0 aliphatic heterocycles. The van der Waals surface area contributed by atoms with Crippen LogP contribution < -0.4 is 5.32 Å². The third-order valence-corrected chi connectivity index (χ3v) is 4.03. The highest BCUT2D eigenvalue weighted by Crippen LogP contribution is 2.23. The van der Waals surface area contributed by atoms with Crippen molar-refractivity contribution >= 4 is 22.6 Å². The highest BCUT2D eigenvalue weighted by atomic mass is 19.1. The molecule has 0 unspecified atom stereocenters. The van der Waals surface area contributed by atoms with Gasteiger partial charge in [0.2, 0.25) is 0 Å². The number of carbonyl (C=O) groups is 1. The van der Waals surface area contributed by atoms with Crippen LogP contribution in [0.2, 0.25) is 0 Å². The lowest BCUT2D eigenvalue weighted by molar-refractivity contribution is 0.101. The Morgan fingerprint density at radius 2 is 1.96 bits per heavy atom. The molecule has 0 bridgehead atoms. The van der Waals surface area contributed by atoms with Crippen molar-refractivity contribution in [3.63, 3.8) is 0 Å². The lowest BCUT2D eigenvalue weighted by Gasteiger charge is -2.06. The fraction of sp³-hybridized carbons (Fsp3) is 0.0526. The Morgan fingerprint density at radius 1 is 1.16 bits per heavy atom. The topological polar surface area (TPSA) is 62.7 Å². The first-order valence-corrected chi connectivity index (χ1v) is 7.78. The molecule has 0 fully saturated rings. The second kappa shape index (κ2) is 5.90. The Bertz CT molecular complexity index is 1060. The fourth-order valence-electron chi connectivity index (χ4n) is 2.72. The highest BCUT2D eigenvalue weighted by molar-refractivity contribution is 6.04. The van der Waals surface area contributed by atoms with E-state index >= 15 is 0 Å². The van der Waals surface area contributed by atoms with Crippen LogP contribution in [0.5, 0.6) is 0 Å². The number of H-pyrrole nitrogens is 1. The van der Waals surface area contributed by atoms with Gasteiger partial charge in [-0.1, -0.05) is 0 Å². The summed E-state index contributed by atoms with van der Waals surface area (Å²) in [5, 5.41) is 2.88. The number of aryl methyl sites for hydroxylation is 1. The highest BCUT2D eigenvalue weighted by Gasteiger charge is 2.11. The lowest BCUT2D eigenvalue weighted by Crippen LogP contribution is -2.15. The molecule has 4 rings (SSSR count). The van der Waals surface area contributed by atoms with Crippen LogP contribution in [0.3, 0.4) is 0 Å². The smallest absolute Gasteiger partial charge is 0.272 e. The van der Waals surface area contributed by atoms with Gasteiger partial charge in [-0.3, -0.25) is 4.79 Å². The predicted octanol–water partition coefficient (Wildman–Crippen LogP) is 3.96. The number of rotatable bonds is 3. The molecule has 2 aromatic carbocycles.